The summed E-state index contributed by atoms with van der Waals surface area (Å²) >= 11 is 3.69. The van der Waals surface area contributed by atoms with Crippen LogP contribution in [-0.2, 0) is 13.3 Å². The SMILES string of the molecule is CC(C)O[Si](C)(C)CCCC(CC[Si](C)(C)OC(C)C)C(CC[Si](C)(C)OC(C)C)[SiH2]CCCBr. The molecule has 0 saturated heterocycles. The highest BCUT2D eigenvalue weighted by molar-refractivity contribution is 9.09. The van der Waals surface area contributed by atoms with Crippen molar-refractivity contribution in [2.45, 2.75) is 161 Å². The fraction of sp³-hybridized carbons (Fsp3) is 1.00. The van der Waals surface area contributed by atoms with Crippen LogP contribution < -0.4 is 0 Å². The van der Waals surface area contributed by atoms with E-state index in [0.29, 0.717) is 18.3 Å². The highest BCUT2D eigenvalue weighted by atomic mass is 79.9. The molecule has 0 radical (unpaired) electrons. The van der Waals surface area contributed by atoms with Crippen molar-refractivity contribution in [3.8, 4) is 0 Å². The van der Waals surface area contributed by atoms with Crippen molar-refractivity contribution in [1.82, 2.24) is 0 Å². The number of hydrogen-bond acceptors (Lipinski definition) is 3. The van der Waals surface area contributed by atoms with Gasteiger partial charge >= 0.3 is 0 Å². The lowest BCUT2D eigenvalue weighted by Crippen LogP contribution is -2.36. The van der Waals surface area contributed by atoms with Gasteiger partial charge in [0.15, 0.2) is 25.0 Å². The second-order valence-electron chi connectivity index (χ2n) is 13.5. The molecular formula is C27H63BrO3Si4. The molecule has 8 heteroatoms. The highest BCUT2D eigenvalue weighted by Crippen LogP contribution is 2.37. The molecule has 0 aliphatic heterocycles. The van der Waals surface area contributed by atoms with E-state index in [-0.39, 0.29) is 9.52 Å². The van der Waals surface area contributed by atoms with Gasteiger partial charge in [-0.1, -0.05) is 47.7 Å². The van der Waals surface area contributed by atoms with Crippen molar-refractivity contribution in [2.75, 3.05) is 5.33 Å². The monoisotopic (exact) mass is 626 g/mol. The molecule has 0 heterocycles. The molecule has 0 aromatic rings. The van der Waals surface area contributed by atoms with E-state index in [1.165, 1.54) is 56.3 Å². The van der Waals surface area contributed by atoms with Crippen molar-refractivity contribution in [2.24, 2.45) is 5.92 Å². The Kier molecular flexibility index (Phi) is 18.4. The normalized spacial score (nSPS) is 15.8. The third-order valence-electron chi connectivity index (χ3n) is 6.88. The van der Waals surface area contributed by atoms with Crippen molar-refractivity contribution >= 4 is 50.4 Å². The smallest absolute Gasteiger partial charge is 0.187 e. The molecule has 0 bridgehead atoms. The Labute approximate surface area is 235 Å². The molecule has 0 aromatic heterocycles. The molecule has 0 N–H and O–H groups in total. The molecule has 0 aliphatic rings. The van der Waals surface area contributed by atoms with Gasteiger partial charge < -0.3 is 13.3 Å². The van der Waals surface area contributed by atoms with E-state index >= 15 is 0 Å². The fourth-order valence-electron chi connectivity index (χ4n) is 5.68. The molecule has 2 unspecified atom stereocenters. The Balaban J connectivity index is 5.50. The molecule has 0 saturated carbocycles. The van der Waals surface area contributed by atoms with Gasteiger partial charge in [0.1, 0.15) is 0 Å². The molecule has 0 spiro atoms. The summed E-state index contributed by atoms with van der Waals surface area (Å²) in [4.78, 5) is 0. The molecule has 0 rings (SSSR count). The zero-order valence-electron chi connectivity index (χ0n) is 25.8. The Morgan fingerprint density at radius 2 is 1.03 bits per heavy atom. The zero-order valence-corrected chi connectivity index (χ0v) is 31.8. The largest absolute Gasteiger partial charge is 0.415 e. The average Bonchev–Trinajstić information content (AvgIpc) is 2.64. The summed E-state index contributed by atoms with van der Waals surface area (Å²) in [6.07, 6.45) is 7.85. The van der Waals surface area contributed by atoms with Gasteiger partial charge in [0.05, 0.1) is 0 Å². The van der Waals surface area contributed by atoms with Crippen LogP contribution in [0.1, 0.15) is 73.6 Å². The van der Waals surface area contributed by atoms with Gasteiger partial charge in [0, 0.05) is 33.2 Å². The van der Waals surface area contributed by atoms with Gasteiger partial charge in [-0.25, -0.2) is 0 Å². The van der Waals surface area contributed by atoms with Crippen molar-refractivity contribution in [1.29, 1.82) is 0 Å². The predicted octanol–water partition coefficient (Wildman–Crippen LogP) is 9.21. The topological polar surface area (TPSA) is 27.7 Å². The van der Waals surface area contributed by atoms with Gasteiger partial charge in [0.2, 0.25) is 0 Å². The summed E-state index contributed by atoms with van der Waals surface area (Å²) in [6.45, 7) is 27.7. The first-order chi connectivity index (χ1) is 16.0. The lowest BCUT2D eigenvalue weighted by atomic mass is 9.95. The molecule has 3 nitrogen and oxygen atoms in total. The van der Waals surface area contributed by atoms with E-state index in [1.807, 2.05) is 0 Å². The summed E-state index contributed by atoms with van der Waals surface area (Å²) in [5.41, 5.74) is 0.941. The van der Waals surface area contributed by atoms with Crippen LogP contribution in [0.5, 0.6) is 0 Å². The lowest BCUT2D eigenvalue weighted by molar-refractivity contribution is 0.226. The van der Waals surface area contributed by atoms with Crippen LogP contribution in [0, 0.1) is 5.92 Å². The van der Waals surface area contributed by atoms with Crippen LogP contribution in [0.25, 0.3) is 0 Å². The second kappa shape index (κ2) is 17.7. The fourth-order valence-corrected chi connectivity index (χ4v) is 17.1. The average molecular weight is 628 g/mol. The molecule has 35 heavy (non-hydrogen) atoms. The summed E-state index contributed by atoms with van der Waals surface area (Å²) < 4.78 is 19.2. The molecule has 2 atom stereocenters. The minimum absolute atomic E-state index is 0.104. The number of halogens is 1. The first-order valence-electron chi connectivity index (χ1n) is 14.6. The minimum Gasteiger partial charge on any atom is -0.415 e. The van der Waals surface area contributed by atoms with E-state index in [2.05, 4.69) is 96.8 Å². The molecule has 0 fully saturated rings. The Morgan fingerprint density at radius 1 is 0.600 bits per heavy atom. The first kappa shape index (κ1) is 36.2. The molecular weight excluding hydrogens is 565 g/mol. The Morgan fingerprint density at radius 3 is 1.46 bits per heavy atom. The van der Waals surface area contributed by atoms with Gasteiger partial charge in [-0.2, -0.15) is 0 Å². The summed E-state index contributed by atoms with van der Waals surface area (Å²) in [5, 5.41) is 1.16. The molecule has 0 aliphatic carbocycles. The summed E-state index contributed by atoms with van der Waals surface area (Å²) in [6, 6.07) is 5.37. The third kappa shape index (κ3) is 19.9. The van der Waals surface area contributed by atoms with Crippen molar-refractivity contribution in [3.63, 3.8) is 0 Å². The maximum Gasteiger partial charge on any atom is 0.187 e. The predicted molar refractivity (Wildman–Crippen MR) is 173 cm³/mol. The summed E-state index contributed by atoms with van der Waals surface area (Å²) in [7, 11) is -4.89. The van der Waals surface area contributed by atoms with Gasteiger partial charge in [-0.3, -0.25) is 0 Å². The molecule has 212 valence electrons. The van der Waals surface area contributed by atoms with Crippen LogP contribution in [0.15, 0.2) is 0 Å². The van der Waals surface area contributed by atoms with Crippen LogP contribution in [0.4, 0.5) is 0 Å². The van der Waals surface area contributed by atoms with Crippen molar-refractivity contribution in [3.05, 3.63) is 0 Å². The third-order valence-corrected chi connectivity index (χ3v) is 18.0. The molecule has 0 amide bonds. The first-order valence-corrected chi connectivity index (χ1v) is 26.9. The van der Waals surface area contributed by atoms with E-state index in [0.717, 1.165) is 16.8 Å². The zero-order chi connectivity index (χ0) is 27.3. The minimum atomic E-state index is -1.62. The summed E-state index contributed by atoms with van der Waals surface area (Å²) in [5.74, 6) is 0.854. The quantitative estimate of drug-likeness (QED) is 0.0721. The Bertz CT molecular complexity index is 543. The second-order valence-corrected chi connectivity index (χ2v) is 29.3. The van der Waals surface area contributed by atoms with E-state index in [1.54, 1.807) is 0 Å². The van der Waals surface area contributed by atoms with E-state index < -0.39 is 25.0 Å². The highest BCUT2D eigenvalue weighted by Gasteiger charge is 2.32. The molecule has 0 aromatic carbocycles. The number of hydrogen-bond donors (Lipinski definition) is 0. The van der Waals surface area contributed by atoms with Gasteiger partial charge in [0.25, 0.3) is 0 Å². The maximum atomic E-state index is 6.44. The maximum absolute atomic E-state index is 6.44. The van der Waals surface area contributed by atoms with Crippen LogP contribution in [-0.4, -0.2) is 58.1 Å². The van der Waals surface area contributed by atoms with E-state index in [9.17, 15) is 0 Å². The van der Waals surface area contributed by atoms with Crippen LogP contribution in [0.3, 0.4) is 0 Å². The standard InChI is InChI=1S/C27H63BrO3Si4/c1-23(2)29-33(7,8)20-13-15-26(16-21-34(9,10)30-24(3)4)27(32-19-14-18-28)17-22-35(11,12)31-25(5)6/h23-27H,13-22,32H2,1-12H3. The van der Waals surface area contributed by atoms with Gasteiger partial charge in [-0.05, 0) is 117 Å². The number of alkyl halides is 1. The Hall–Kier alpha value is 1.23. The number of rotatable bonds is 21. The van der Waals surface area contributed by atoms with Crippen LogP contribution in [0.2, 0.25) is 69.0 Å². The lowest BCUT2D eigenvalue weighted by Gasteiger charge is -2.34. The van der Waals surface area contributed by atoms with Gasteiger partial charge in [-0.15, -0.1) is 0 Å². The van der Waals surface area contributed by atoms with Crippen molar-refractivity contribution < 1.29 is 13.3 Å². The van der Waals surface area contributed by atoms with E-state index in [4.69, 9.17) is 13.3 Å². The van der Waals surface area contributed by atoms with Crippen LogP contribution >= 0.6 is 15.9 Å².